The van der Waals surface area contributed by atoms with Crippen LogP contribution in [0.2, 0.25) is 5.02 Å². The molecule has 0 saturated carbocycles. The minimum atomic E-state index is -0.108. The second-order valence-electron chi connectivity index (χ2n) is 5.32. The molecule has 1 atom stereocenters. The Morgan fingerprint density at radius 3 is 2.64 bits per heavy atom. The van der Waals surface area contributed by atoms with Gasteiger partial charge in [-0.1, -0.05) is 23.7 Å². The molecule has 3 rings (SSSR count). The van der Waals surface area contributed by atoms with Crippen LogP contribution in [0.1, 0.15) is 22.9 Å². The van der Waals surface area contributed by atoms with Crippen molar-refractivity contribution in [1.82, 2.24) is 4.98 Å². The standard InChI is InChI=1S/C18H17ClN2O/c1-12-2-3-14(10-16(12)19)18-5-4-15(22-18)11-17(20)13-6-8-21-9-7-13/h2-10,17H,11,20H2,1H3. The number of hydrogen-bond donors (Lipinski definition) is 1. The number of aryl methyl sites for hydroxylation is 1. The van der Waals surface area contributed by atoms with E-state index < -0.39 is 0 Å². The van der Waals surface area contributed by atoms with Crippen molar-refractivity contribution in [3.8, 4) is 11.3 Å². The Morgan fingerprint density at radius 2 is 1.91 bits per heavy atom. The minimum Gasteiger partial charge on any atom is -0.461 e. The number of nitrogens with two attached hydrogens (primary N) is 1. The molecule has 0 bridgehead atoms. The monoisotopic (exact) mass is 312 g/mol. The molecule has 0 saturated heterocycles. The highest BCUT2D eigenvalue weighted by Gasteiger charge is 2.11. The number of halogens is 1. The Hall–Kier alpha value is -2.10. The SMILES string of the molecule is Cc1ccc(-c2ccc(CC(N)c3ccncc3)o2)cc1Cl. The smallest absolute Gasteiger partial charge is 0.134 e. The maximum atomic E-state index is 6.21. The Bertz CT molecular complexity index is 768. The lowest BCUT2D eigenvalue weighted by Gasteiger charge is -2.09. The molecule has 3 nitrogen and oxygen atoms in total. The van der Waals surface area contributed by atoms with E-state index in [1.165, 1.54) is 0 Å². The highest BCUT2D eigenvalue weighted by molar-refractivity contribution is 6.31. The van der Waals surface area contributed by atoms with Crippen molar-refractivity contribution in [1.29, 1.82) is 0 Å². The largest absolute Gasteiger partial charge is 0.461 e. The lowest BCUT2D eigenvalue weighted by molar-refractivity contribution is 0.499. The van der Waals surface area contributed by atoms with Crippen LogP contribution < -0.4 is 5.73 Å². The zero-order valence-electron chi connectivity index (χ0n) is 12.3. The Labute approximate surface area is 134 Å². The van der Waals surface area contributed by atoms with Crippen LogP contribution in [-0.4, -0.2) is 4.98 Å². The van der Waals surface area contributed by atoms with Crippen LogP contribution in [0.15, 0.2) is 59.3 Å². The van der Waals surface area contributed by atoms with Crippen molar-refractivity contribution in [2.45, 2.75) is 19.4 Å². The first-order chi connectivity index (χ1) is 10.6. The third-order valence-electron chi connectivity index (χ3n) is 3.67. The third-order valence-corrected chi connectivity index (χ3v) is 4.08. The predicted octanol–water partition coefficient (Wildman–Crippen LogP) is 4.55. The quantitative estimate of drug-likeness (QED) is 0.769. The molecule has 0 fully saturated rings. The van der Waals surface area contributed by atoms with Gasteiger partial charge in [0.2, 0.25) is 0 Å². The maximum absolute atomic E-state index is 6.21. The number of hydrogen-bond acceptors (Lipinski definition) is 3. The number of pyridine rings is 1. The molecule has 22 heavy (non-hydrogen) atoms. The van der Waals surface area contributed by atoms with Gasteiger partial charge in [0.15, 0.2) is 0 Å². The van der Waals surface area contributed by atoms with Crippen molar-refractivity contribution in [2.24, 2.45) is 5.73 Å². The fourth-order valence-corrected chi connectivity index (χ4v) is 2.51. The molecule has 0 aliphatic carbocycles. The number of benzene rings is 1. The zero-order valence-corrected chi connectivity index (χ0v) is 13.0. The molecule has 1 unspecified atom stereocenters. The van der Waals surface area contributed by atoms with Crippen LogP contribution in [0.4, 0.5) is 0 Å². The second kappa shape index (κ2) is 6.34. The molecule has 112 valence electrons. The van der Waals surface area contributed by atoms with Crippen LogP contribution in [0.25, 0.3) is 11.3 Å². The lowest BCUT2D eigenvalue weighted by atomic mass is 10.1. The van der Waals surface area contributed by atoms with Gasteiger partial charge in [-0.2, -0.15) is 0 Å². The number of furan rings is 1. The van der Waals surface area contributed by atoms with Crippen LogP contribution in [-0.2, 0) is 6.42 Å². The minimum absolute atomic E-state index is 0.108. The van der Waals surface area contributed by atoms with Gasteiger partial charge < -0.3 is 10.2 Å². The molecule has 1 aromatic carbocycles. The number of nitrogens with zero attached hydrogens (tertiary/aromatic N) is 1. The van der Waals surface area contributed by atoms with Gasteiger partial charge in [-0.05, 0) is 48.4 Å². The first kappa shape index (κ1) is 14.8. The summed E-state index contributed by atoms with van der Waals surface area (Å²) in [6.45, 7) is 1.98. The van der Waals surface area contributed by atoms with Gasteiger partial charge in [-0.25, -0.2) is 0 Å². The van der Waals surface area contributed by atoms with E-state index in [9.17, 15) is 0 Å². The van der Waals surface area contributed by atoms with Crippen molar-refractivity contribution < 1.29 is 4.42 Å². The summed E-state index contributed by atoms with van der Waals surface area (Å²) in [5.41, 5.74) is 9.28. The Kier molecular flexibility index (Phi) is 4.27. The molecule has 0 amide bonds. The molecule has 0 radical (unpaired) electrons. The van der Waals surface area contributed by atoms with Crippen molar-refractivity contribution in [3.63, 3.8) is 0 Å². The molecule has 3 aromatic rings. The van der Waals surface area contributed by atoms with E-state index in [-0.39, 0.29) is 6.04 Å². The van der Waals surface area contributed by atoms with Gasteiger partial charge in [0.05, 0.1) is 0 Å². The van der Waals surface area contributed by atoms with Crippen molar-refractivity contribution in [2.75, 3.05) is 0 Å². The first-order valence-corrected chi connectivity index (χ1v) is 7.52. The summed E-state index contributed by atoms with van der Waals surface area (Å²) in [4.78, 5) is 4.00. The van der Waals surface area contributed by atoms with Crippen LogP contribution in [0.5, 0.6) is 0 Å². The topological polar surface area (TPSA) is 52.0 Å². The Morgan fingerprint density at radius 1 is 1.14 bits per heavy atom. The predicted molar refractivity (Wildman–Crippen MR) is 88.8 cm³/mol. The Balaban J connectivity index is 1.77. The summed E-state index contributed by atoms with van der Waals surface area (Å²) in [5.74, 6) is 1.66. The normalized spacial score (nSPS) is 12.3. The van der Waals surface area contributed by atoms with E-state index in [1.807, 2.05) is 49.4 Å². The van der Waals surface area contributed by atoms with Crippen molar-refractivity contribution >= 4 is 11.6 Å². The highest BCUT2D eigenvalue weighted by atomic mass is 35.5. The van der Waals surface area contributed by atoms with Crippen LogP contribution >= 0.6 is 11.6 Å². The van der Waals surface area contributed by atoms with E-state index in [1.54, 1.807) is 12.4 Å². The van der Waals surface area contributed by atoms with E-state index in [4.69, 9.17) is 21.8 Å². The molecule has 0 aliphatic rings. The van der Waals surface area contributed by atoms with Gasteiger partial charge in [0.1, 0.15) is 11.5 Å². The zero-order chi connectivity index (χ0) is 15.5. The molecular weight excluding hydrogens is 296 g/mol. The molecule has 2 aromatic heterocycles. The molecule has 4 heteroatoms. The van der Waals surface area contributed by atoms with Crippen molar-refractivity contribution in [3.05, 3.63) is 76.8 Å². The summed E-state index contributed by atoms with van der Waals surface area (Å²) in [7, 11) is 0. The van der Waals surface area contributed by atoms with E-state index in [0.717, 1.165) is 33.2 Å². The van der Waals surface area contributed by atoms with Gasteiger partial charge >= 0.3 is 0 Å². The van der Waals surface area contributed by atoms with E-state index in [2.05, 4.69) is 4.98 Å². The average Bonchev–Trinajstić information content (AvgIpc) is 2.99. The number of aromatic nitrogens is 1. The highest BCUT2D eigenvalue weighted by Crippen LogP contribution is 2.28. The fraction of sp³-hybridized carbons (Fsp3) is 0.167. The van der Waals surface area contributed by atoms with E-state index >= 15 is 0 Å². The van der Waals surface area contributed by atoms with Gasteiger partial charge in [-0.15, -0.1) is 0 Å². The van der Waals surface area contributed by atoms with Crippen LogP contribution in [0.3, 0.4) is 0 Å². The summed E-state index contributed by atoms with van der Waals surface area (Å²) >= 11 is 6.17. The maximum Gasteiger partial charge on any atom is 0.134 e. The van der Waals surface area contributed by atoms with E-state index in [0.29, 0.717) is 6.42 Å². The van der Waals surface area contributed by atoms with Gasteiger partial charge in [0.25, 0.3) is 0 Å². The van der Waals surface area contributed by atoms with Gasteiger partial charge in [-0.3, -0.25) is 4.98 Å². The van der Waals surface area contributed by atoms with Gasteiger partial charge in [0, 0.05) is 35.4 Å². The average molecular weight is 313 g/mol. The molecule has 0 spiro atoms. The summed E-state index contributed by atoms with van der Waals surface area (Å²) in [6, 6.07) is 13.6. The third kappa shape index (κ3) is 3.21. The number of rotatable bonds is 4. The molecule has 2 N–H and O–H groups in total. The summed E-state index contributed by atoms with van der Waals surface area (Å²) in [6.07, 6.45) is 4.14. The molecule has 2 heterocycles. The second-order valence-corrected chi connectivity index (χ2v) is 5.73. The lowest BCUT2D eigenvalue weighted by Crippen LogP contribution is -2.12. The molecule has 0 aliphatic heterocycles. The molecular formula is C18H17ClN2O. The fourth-order valence-electron chi connectivity index (χ4n) is 2.33. The first-order valence-electron chi connectivity index (χ1n) is 7.14. The summed E-state index contributed by atoms with van der Waals surface area (Å²) in [5, 5.41) is 0.740. The summed E-state index contributed by atoms with van der Waals surface area (Å²) < 4.78 is 5.90. The van der Waals surface area contributed by atoms with Crippen LogP contribution in [0, 0.1) is 6.92 Å².